The van der Waals surface area contributed by atoms with Gasteiger partial charge in [-0.15, -0.1) is 0 Å². The van der Waals surface area contributed by atoms with Crippen LogP contribution in [0.25, 0.3) is 0 Å². The normalized spacial score (nSPS) is 23.8. The van der Waals surface area contributed by atoms with Gasteiger partial charge in [0.25, 0.3) is 5.91 Å². The van der Waals surface area contributed by atoms with Crippen molar-refractivity contribution in [2.45, 2.75) is 25.0 Å². The van der Waals surface area contributed by atoms with Gasteiger partial charge in [0, 0.05) is 13.6 Å². The lowest BCUT2D eigenvalue weighted by Crippen LogP contribution is -2.52. The van der Waals surface area contributed by atoms with Gasteiger partial charge in [-0.2, -0.15) is 0 Å². The largest absolute Gasteiger partial charge is 0.477 e. The minimum Gasteiger partial charge on any atom is -0.477 e. The first-order valence-corrected chi connectivity index (χ1v) is 7.22. The van der Waals surface area contributed by atoms with Gasteiger partial charge >= 0.3 is 0 Å². The maximum absolute atomic E-state index is 12.6. The Morgan fingerprint density at radius 3 is 3.00 bits per heavy atom. The number of carbonyl (C=O) groups is 2. The number of anilines is 1. The number of fused-ring (bicyclic) bond motifs is 1. The molecule has 0 spiro atoms. The molecule has 1 aromatic carbocycles. The number of nitrogens with zero attached hydrogens (tertiary/aromatic N) is 1. The summed E-state index contributed by atoms with van der Waals surface area (Å²) in [5.74, 6) is 0.450. The molecule has 1 fully saturated rings. The molecule has 2 aliphatic heterocycles. The van der Waals surface area contributed by atoms with E-state index in [0.717, 1.165) is 12.1 Å². The van der Waals surface area contributed by atoms with Gasteiger partial charge in [0.05, 0.1) is 12.2 Å². The Bertz CT molecular complexity index is 561. The molecule has 112 valence electrons. The molecule has 2 atom stereocenters. The van der Waals surface area contributed by atoms with E-state index in [0.29, 0.717) is 25.3 Å². The zero-order valence-electron chi connectivity index (χ0n) is 12.0. The van der Waals surface area contributed by atoms with Gasteiger partial charge in [0.1, 0.15) is 11.8 Å². The van der Waals surface area contributed by atoms with E-state index in [9.17, 15) is 9.59 Å². The second kappa shape index (κ2) is 5.63. The molecular weight excluding hydrogens is 270 g/mol. The van der Waals surface area contributed by atoms with E-state index in [-0.39, 0.29) is 17.9 Å². The van der Waals surface area contributed by atoms with Crippen molar-refractivity contribution >= 4 is 17.5 Å². The molecule has 2 aliphatic rings. The summed E-state index contributed by atoms with van der Waals surface area (Å²) in [6.07, 6.45) is 0.980. The molecule has 3 rings (SSSR count). The highest BCUT2D eigenvalue weighted by Gasteiger charge is 2.38. The number of hydrogen-bond acceptors (Lipinski definition) is 4. The SMILES string of the molecule is CNC(=O)C1CCCN1C(=O)C1CNc2ccccc2O1. The van der Waals surface area contributed by atoms with Gasteiger partial charge in [-0.25, -0.2) is 0 Å². The first-order valence-electron chi connectivity index (χ1n) is 7.22. The molecule has 0 aromatic heterocycles. The van der Waals surface area contributed by atoms with Crippen molar-refractivity contribution < 1.29 is 14.3 Å². The van der Waals surface area contributed by atoms with Crippen molar-refractivity contribution in [3.63, 3.8) is 0 Å². The van der Waals surface area contributed by atoms with Gasteiger partial charge in [-0.1, -0.05) is 12.1 Å². The first kappa shape index (κ1) is 13.7. The lowest BCUT2D eigenvalue weighted by Gasteiger charge is -2.31. The maximum Gasteiger partial charge on any atom is 0.266 e. The number of hydrogen-bond donors (Lipinski definition) is 2. The molecule has 2 N–H and O–H groups in total. The van der Waals surface area contributed by atoms with E-state index >= 15 is 0 Å². The molecule has 6 nitrogen and oxygen atoms in total. The first-order chi connectivity index (χ1) is 10.2. The van der Waals surface area contributed by atoms with Crippen molar-refractivity contribution in [2.24, 2.45) is 0 Å². The molecular formula is C15H19N3O3. The third-order valence-electron chi connectivity index (χ3n) is 3.99. The monoisotopic (exact) mass is 289 g/mol. The standard InChI is InChI=1S/C15H19N3O3/c1-16-14(19)11-6-4-8-18(11)15(20)13-9-17-10-5-2-3-7-12(10)21-13/h2-3,5,7,11,13,17H,4,6,8-9H2,1H3,(H,16,19). The van der Waals surface area contributed by atoms with Gasteiger partial charge < -0.3 is 20.3 Å². The zero-order chi connectivity index (χ0) is 14.8. The molecule has 2 heterocycles. The molecule has 2 unspecified atom stereocenters. The average Bonchev–Trinajstić information content (AvgIpc) is 3.02. The van der Waals surface area contributed by atoms with Crippen LogP contribution in [0, 0.1) is 0 Å². The fourth-order valence-electron chi connectivity index (χ4n) is 2.91. The summed E-state index contributed by atoms with van der Waals surface area (Å²) in [5.41, 5.74) is 0.894. The molecule has 6 heteroatoms. The Labute approximate surface area is 123 Å². The summed E-state index contributed by atoms with van der Waals surface area (Å²) in [5, 5.41) is 5.82. The number of likely N-dealkylation sites (N-methyl/N-ethyl adjacent to an activating group) is 1. The van der Waals surface area contributed by atoms with Crippen LogP contribution < -0.4 is 15.4 Å². The number of rotatable bonds is 2. The number of ether oxygens (including phenoxy) is 1. The van der Waals surface area contributed by atoms with Crippen LogP contribution in [0.3, 0.4) is 0 Å². The van der Waals surface area contributed by atoms with Crippen LogP contribution in [-0.4, -0.2) is 49.0 Å². The molecule has 1 aromatic rings. The van der Waals surface area contributed by atoms with E-state index < -0.39 is 6.10 Å². The summed E-state index contributed by atoms with van der Waals surface area (Å²) in [6.45, 7) is 1.03. The number of likely N-dealkylation sites (tertiary alicyclic amines) is 1. The summed E-state index contributed by atoms with van der Waals surface area (Å²) >= 11 is 0. The maximum atomic E-state index is 12.6. The van der Waals surface area contributed by atoms with Gasteiger partial charge in [0.15, 0.2) is 6.10 Å². The number of benzene rings is 1. The topological polar surface area (TPSA) is 70.7 Å². The van der Waals surface area contributed by atoms with E-state index in [1.54, 1.807) is 11.9 Å². The third-order valence-corrected chi connectivity index (χ3v) is 3.99. The summed E-state index contributed by atoms with van der Waals surface area (Å²) < 4.78 is 5.78. The number of nitrogens with one attached hydrogen (secondary N) is 2. The summed E-state index contributed by atoms with van der Waals surface area (Å²) in [6, 6.07) is 7.17. The Balaban J connectivity index is 1.73. The molecule has 0 radical (unpaired) electrons. The van der Waals surface area contributed by atoms with Crippen LogP contribution in [0.2, 0.25) is 0 Å². The Morgan fingerprint density at radius 1 is 1.38 bits per heavy atom. The van der Waals surface area contributed by atoms with Crippen LogP contribution in [0.15, 0.2) is 24.3 Å². The number of para-hydroxylation sites is 2. The van der Waals surface area contributed by atoms with Crippen molar-refractivity contribution in [3.8, 4) is 5.75 Å². The van der Waals surface area contributed by atoms with Gasteiger partial charge in [-0.05, 0) is 25.0 Å². The zero-order valence-corrected chi connectivity index (χ0v) is 12.0. The van der Waals surface area contributed by atoms with Gasteiger partial charge in [0.2, 0.25) is 5.91 Å². The quantitative estimate of drug-likeness (QED) is 0.836. The smallest absolute Gasteiger partial charge is 0.266 e. The molecule has 1 saturated heterocycles. The predicted octanol–water partition coefficient (Wildman–Crippen LogP) is 0.596. The molecule has 0 saturated carbocycles. The predicted molar refractivity (Wildman–Crippen MR) is 78.1 cm³/mol. The molecule has 0 bridgehead atoms. The Kier molecular flexibility index (Phi) is 3.68. The molecule has 21 heavy (non-hydrogen) atoms. The van der Waals surface area contributed by atoms with Crippen LogP contribution in [0.4, 0.5) is 5.69 Å². The third kappa shape index (κ3) is 2.53. The minimum absolute atomic E-state index is 0.106. The molecule has 0 aliphatic carbocycles. The van der Waals surface area contributed by atoms with Gasteiger partial charge in [-0.3, -0.25) is 9.59 Å². The van der Waals surface area contributed by atoms with Crippen molar-refractivity contribution in [3.05, 3.63) is 24.3 Å². The second-order valence-corrected chi connectivity index (χ2v) is 5.29. The molecule has 2 amide bonds. The van der Waals surface area contributed by atoms with E-state index in [1.165, 1.54) is 0 Å². The lowest BCUT2D eigenvalue weighted by molar-refractivity contribution is -0.143. The average molecular weight is 289 g/mol. The van der Waals surface area contributed by atoms with E-state index in [4.69, 9.17) is 4.74 Å². The Hall–Kier alpha value is -2.24. The van der Waals surface area contributed by atoms with E-state index in [1.807, 2.05) is 24.3 Å². The summed E-state index contributed by atoms with van der Waals surface area (Å²) in [7, 11) is 1.60. The van der Waals surface area contributed by atoms with Crippen LogP contribution >= 0.6 is 0 Å². The highest BCUT2D eigenvalue weighted by molar-refractivity contribution is 5.90. The van der Waals surface area contributed by atoms with Crippen molar-refractivity contribution in [1.82, 2.24) is 10.2 Å². The second-order valence-electron chi connectivity index (χ2n) is 5.29. The van der Waals surface area contributed by atoms with Crippen LogP contribution in [-0.2, 0) is 9.59 Å². The minimum atomic E-state index is -0.579. The number of amides is 2. The van der Waals surface area contributed by atoms with Crippen LogP contribution in [0.1, 0.15) is 12.8 Å². The Morgan fingerprint density at radius 2 is 2.19 bits per heavy atom. The number of carbonyl (C=O) groups excluding carboxylic acids is 2. The lowest BCUT2D eigenvalue weighted by atomic mass is 10.1. The highest BCUT2D eigenvalue weighted by atomic mass is 16.5. The van der Waals surface area contributed by atoms with Crippen molar-refractivity contribution in [1.29, 1.82) is 0 Å². The fourth-order valence-corrected chi connectivity index (χ4v) is 2.91. The van der Waals surface area contributed by atoms with E-state index in [2.05, 4.69) is 10.6 Å². The van der Waals surface area contributed by atoms with Crippen molar-refractivity contribution in [2.75, 3.05) is 25.5 Å². The fraction of sp³-hybridized carbons (Fsp3) is 0.467. The highest BCUT2D eigenvalue weighted by Crippen LogP contribution is 2.29. The van der Waals surface area contributed by atoms with Crippen LogP contribution in [0.5, 0.6) is 5.75 Å². The summed E-state index contributed by atoms with van der Waals surface area (Å²) in [4.78, 5) is 26.1.